The molecule has 3 rings (SSSR count). The van der Waals surface area contributed by atoms with Crippen LogP contribution >= 0.6 is 0 Å². The van der Waals surface area contributed by atoms with Crippen molar-refractivity contribution in [2.45, 2.75) is 25.9 Å². The maximum Gasteiger partial charge on any atom is 0.251 e. The molecule has 1 aliphatic rings. The van der Waals surface area contributed by atoms with Gasteiger partial charge in [0.1, 0.15) is 6.61 Å². The van der Waals surface area contributed by atoms with E-state index < -0.39 is 0 Å². The fourth-order valence-electron chi connectivity index (χ4n) is 2.52. The first kappa shape index (κ1) is 15.7. The summed E-state index contributed by atoms with van der Waals surface area (Å²) >= 11 is 0. The van der Waals surface area contributed by atoms with E-state index in [1.807, 2.05) is 43.5 Å². The van der Waals surface area contributed by atoms with Crippen LogP contribution < -0.4 is 5.32 Å². The van der Waals surface area contributed by atoms with Crippen LogP contribution in [0.4, 0.5) is 5.82 Å². The predicted octanol–water partition coefficient (Wildman–Crippen LogP) is 2.31. The quantitative estimate of drug-likeness (QED) is 0.888. The van der Waals surface area contributed by atoms with Crippen LogP contribution in [0.2, 0.25) is 0 Å². The molecule has 0 saturated carbocycles. The lowest BCUT2D eigenvalue weighted by Crippen LogP contribution is -2.23. The monoisotopic (exact) mass is 315 g/mol. The van der Waals surface area contributed by atoms with Crippen LogP contribution in [-0.4, -0.2) is 41.6 Å². The van der Waals surface area contributed by atoms with Gasteiger partial charge >= 0.3 is 0 Å². The number of nitrogens with zero attached hydrogens (tertiary/aromatic N) is 2. The van der Waals surface area contributed by atoms with Crippen LogP contribution in [0.3, 0.4) is 0 Å². The minimum Gasteiger partial charge on any atom is -0.376 e. The molecule has 1 saturated heterocycles. The highest BCUT2D eigenvalue weighted by Crippen LogP contribution is 2.16. The molecule has 6 heteroatoms. The number of ether oxygens (including phenoxy) is 2. The molecule has 1 aromatic heterocycles. The van der Waals surface area contributed by atoms with Gasteiger partial charge in [0.25, 0.3) is 5.91 Å². The van der Waals surface area contributed by atoms with Gasteiger partial charge in [0.2, 0.25) is 0 Å². The number of benzene rings is 1. The lowest BCUT2D eigenvalue weighted by Gasteiger charge is -2.09. The topological polar surface area (TPSA) is 65.4 Å². The van der Waals surface area contributed by atoms with Gasteiger partial charge in [-0.25, -0.2) is 4.68 Å². The molecule has 6 nitrogen and oxygen atoms in total. The normalized spacial score (nSPS) is 17.3. The van der Waals surface area contributed by atoms with E-state index in [-0.39, 0.29) is 18.6 Å². The second-order valence-corrected chi connectivity index (χ2v) is 5.64. The Morgan fingerprint density at radius 3 is 3.00 bits per heavy atom. The van der Waals surface area contributed by atoms with Gasteiger partial charge in [-0.15, -0.1) is 5.10 Å². The summed E-state index contributed by atoms with van der Waals surface area (Å²) in [5, 5.41) is 7.20. The zero-order valence-electron chi connectivity index (χ0n) is 13.2. The number of amides is 1. The van der Waals surface area contributed by atoms with Crippen molar-refractivity contribution in [1.82, 2.24) is 9.78 Å². The van der Waals surface area contributed by atoms with E-state index in [1.165, 1.54) is 0 Å². The Kier molecular flexibility index (Phi) is 5.05. The standard InChI is InChI=1S/C17H21N3O3/c1-13-10-20(14-6-3-2-4-7-14)19-17(13)18-16(21)12-22-11-15-8-5-9-23-15/h2-4,6-7,10,15H,5,8-9,11-12H2,1H3,(H,18,19,21). The van der Waals surface area contributed by atoms with Crippen LogP contribution in [0.1, 0.15) is 18.4 Å². The molecule has 1 unspecified atom stereocenters. The molecule has 1 fully saturated rings. The first-order valence-electron chi connectivity index (χ1n) is 7.83. The van der Waals surface area contributed by atoms with Gasteiger partial charge in [-0.2, -0.15) is 0 Å². The minimum atomic E-state index is -0.204. The smallest absolute Gasteiger partial charge is 0.251 e. The van der Waals surface area contributed by atoms with Crippen LogP contribution in [0.15, 0.2) is 36.5 Å². The number of para-hydroxylation sites is 1. The number of aromatic nitrogens is 2. The van der Waals surface area contributed by atoms with E-state index in [0.29, 0.717) is 12.4 Å². The van der Waals surface area contributed by atoms with Crippen molar-refractivity contribution in [3.8, 4) is 5.69 Å². The first-order valence-corrected chi connectivity index (χ1v) is 7.83. The zero-order chi connectivity index (χ0) is 16.1. The molecule has 0 bridgehead atoms. The average molecular weight is 315 g/mol. The third kappa shape index (κ3) is 4.18. The average Bonchev–Trinajstić information content (AvgIpc) is 3.19. The molecule has 0 radical (unpaired) electrons. The highest BCUT2D eigenvalue weighted by Gasteiger charge is 2.16. The maximum atomic E-state index is 12.0. The Labute approximate surface area is 135 Å². The molecule has 23 heavy (non-hydrogen) atoms. The second kappa shape index (κ2) is 7.39. The van der Waals surface area contributed by atoms with Crippen molar-refractivity contribution in [2.24, 2.45) is 0 Å². The Morgan fingerprint density at radius 1 is 1.43 bits per heavy atom. The molecule has 0 aliphatic carbocycles. The van der Waals surface area contributed by atoms with E-state index in [4.69, 9.17) is 9.47 Å². The van der Waals surface area contributed by atoms with Crippen LogP contribution in [0.5, 0.6) is 0 Å². The number of hydrogen-bond donors (Lipinski definition) is 1. The maximum absolute atomic E-state index is 12.0. The number of carbonyl (C=O) groups excluding carboxylic acids is 1. The fourth-order valence-corrected chi connectivity index (χ4v) is 2.52. The van der Waals surface area contributed by atoms with Crippen LogP contribution in [-0.2, 0) is 14.3 Å². The summed E-state index contributed by atoms with van der Waals surface area (Å²) in [5.74, 6) is 0.351. The summed E-state index contributed by atoms with van der Waals surface area (Å²) in [6.45, 7) is 3.17. The molecule has 0 spiro atoms. The Hall–Kier alpha value is -2.18. The molecule has 2 heterocycles. The number of aryl methyl sites for hydroxylation is 1. The van der Waals surface area contributed by atoms with E-state index in [2.05, 4.69) is 10.4 Å². The van der Waals surface area contributed by atoms with Crippen LogP contribution in [0, 0.1) is 6.92 Å². The molecule has 122 valence electrons. The van der Waals surface area contributed by atoms with Crippen molar-refractivity contribution in [3.63, 3.8) is 0 Å². The van der Waals surface area contributed by atoms with Crippen molar-refractivity contribution in [3.05, 3.63) is 42.1 Å². The summed E-state index contributed by atoms with van der Waals surface area (Å²) in [6, 6.07) is 9.77. The SMILES string of the molecule is Cc1cn(-c2ccccc2)nc1NC(=O)COCC1CCCO1. The predicted molar refractivity (Wildman–Crippen MR) is 86.7 cm³/mol. The van der Waals surface area contributed by atoms with Gasteiger partial charge in [0.05, 0.1) is 18.4 Å². The third-order valence-electron chi connectivity index (χ3n) is 3.74. The first-order chi connectivity index (χ1) is 11.2. The van der Waals surface area contributed by atoms with Crippen molar-refractivity contribution in [2.75, 3.05) is 25.1 Å². The summed E-state index contributed by atoms with van der Waals surface area (Å²) < 4.78 is 12.6. The van der Waals surface area contributed by atoms with Crippen molar-refractivity contribution in [1.29, 1.82) is 0 Å². The Balaban J connectivity index is 1.53. The molecular formula is C17H21N3O3. The van der Waals surface area contributed by atoms with Gasteiger partial charge in [0, 0.05) is 18.4 Å². The third-order valence-corrected chi connectivity index (χ3v) is 3.74. The van der Waals surface area contributed by atoms with Crippen molar-refractivity contribution < 1.29 is 14.3 Å². The van der Waals surface area contributed by atoms with Gasteiger partial charge in [-0.1, -0.05) is 18.2 Å². The van der Waals surface area contributed by atoms with Gasteiger partial charge < -0.3 is 14.8 Å². The van der Waals surface area contributed by atoms with Gasteiger partial charge in [-0.3, -0.25) is 4.79 Å². The Bertz CT molecular complexity index is 648. The molecule has 2 aromatic rings. The Morgan fingerprint density at radius 2 is 2.26 bits per heavy atom. The second-order valence-electron chi connectivity index (χ2n) is 5.64. The lowest BCUT2D eigenvalue weighted by molar-refractivity contribution is -0.121. The highest BCUT2D eigenvalue weighted by molar-refractivity contribution is 5.91. The minimum absolute atomic E-state index is 0.0114. The molecular weight excluding hydrogens is 294 g/mol. The summed E-state index contributed by atoms with van der Waals surface area (Å²) in [6.07, 6.45) is 4.08. The van der Waals surface area contributed by atoms with Crippen LogP contribution in [0.25, 0.3) is 5.69 Å². The zero-order valence-corrected chi connectivity index (χ0v) is 13.2. The molecule has 1 N–H and O–H groups in total. The number of carbonyl (C=O) groups is 1. The van der Waals surface area contributed by atoms with Gasteiger partial charge in [0.15, 0.2) is 5.82 Å². The lowest BCUT2D eigenvalue weighted by atomic mass is 10.2. The van der Waals surface area contributed by atoms with E-state index in [0.717, 1.165) is 30.7 Å². The summed E-state index contributed by atoms with van der Waals surface area (Å²) in [7, 11) is 0. The number of nitrogens with one attached hydrogen (secondary N) is 1. The number of rotatable bonds is 6. The fraction of sp³-hybridized carbons (Fsp3) is 0.412. The number of anilines is 1. The van der Waals surface area contributed by atoms with Gasteiger partial charge in [-0.05, 0) is 31.9 Å². The molecule has 1 amide bonds. The highest BCUT2D eigenvalue weighted by atomic mass is 16.5. The number of hydrogen-bond acceptors (Lipinski definition) is 4. The largest absolute Gasteiger partial charge is 0.376 e. The van der Waals surface area contributed by atoms with E-state index >= 15 is 0 Å². The molecule has 1 aromatic carbocycles. The summed E-state index contributed by atoms with van der Waals surface area (Å²) in [4.78, 5) is 12.0. The van der Waals surface area contributed by atoms with E-state index in [9.17, 15) is 4.79 Å². The summed E-state index contributed by atoms with van der Waals surface area (Å²) in [5.41, 5.74) is 1.85. The van der Waals surface area contributed by atoms with Crippen molar-refractivity contribution >= 4 is 11.7 Å². The molecule has 1 atom stereocenters. The van der Waals surface area contributed by atoms with E-state index in [1.54, 1.807) is 4.68 Å². The molecule has 1 aliphatic heterocycles.